The maximum Gasteiger partial charge on any atom is 0.119 e. The van der Waals surface area contributed by atoms with Crippen molar-refractivity contribution in [2.75, 3.05) is 13.2 Å². The molecule has 0 saturated carbocycles. The van der Waals surface area contributed by atoms with Crippen molar-refractivity contribution >= 4 is 0 Å². The van der Waals surface area contributed by atoms with Crippen LogP contribution in [0.25, 0.3) is 0 Å². The molecule has 22 heavy (non-hydrogen) atoms. The molecule has 1 aliphatic rings. The molecule has 3 heteroatoms. The minimum absolute atomic E-state index is 0.212. The van der Waals surface area contributed by atoms with Crippen LogP contribution in [0.1, 0.15) is 52.9 Å². The molecule has 0 aromatic rings. The smallest absolute Gasteiger partial charge is 0.119 e. The standard InChI is InChI=1S/C19H31FO2/c1-4-15(3)11-17(13-21)12-16(5-2)14-22-19-8-6-7-18(20)9-10-19/h6-9,15-17,21H,4-5,10-14H2,1-3H3. The summed E-state index contributed by atoms with van der Waals surface area (Å²) in [5.74, 6) is 2.03. The third-order valence-corrected chi connectivity index (χ3v) is 4.48. The summed E-state index contributed by atoms with van der Waals surface area (Å²) >= 11 is 0. The van der Waals surface area contributed by atoms with Gasteiger partial charge in [-0.25, -0.2) is 4.39 Å². The summed E-state index contributed by atoms with van der Waals surface area (Å²) < 4.78 is 19.0. The number of aliphatic hydroxyl groups is 1. The van der Waals surface area contributed by atoms with Gasteiger partial charge in [0.05, 0.1) is 12.4 Å². The van der Waals surface area contributed by atoms with Crippen LogP contribution in [0.15, 0.2) is 35.9 Å². The number of aliphatic hydroxyl groups excluding tert-OH is 1. The Labute approximate surface area is 134 Å². The van der Waals surface area contributed by atoms with Crippen molar-refractivity contribution in [3.8, 4) is 0 Å². The van der Waals surface area contributed by atoms with Gasteiger partial charge in [-0.2, -0.15) is 0 Å². The van der Waals surface area contributed by atoms with Gasteiger partial charge in [-0.05, 0) is 48.8 Å². The lowest BCUT2D eigenvalue weighted by molar-refractivity contribution is 0.118. The summed E-state index contributed by atoms with van der Waals surface area (Å²) in [5.41, 5.74) is 0. The summed E-state index contributed by atoms with van der Waals surface area (Å²) in [7, 11) is 0. The Kier molecular flexibility index (Phi) is 9.14. The third kappa shape index (κ3) is 7.26. The Bertz CT molecular complexity index is 395. The first-order valence-corrected chi connectivity index (χ1v) is 8.55. The van der Waals surface area contributed by atoms with E-state index in [0.29, 0.717) is 30.8 Å². The Hall–Kier alpha value is -1.09. The van der Waals surface area contributed by atoms with E-state index < -0.39 is 0 Å². The molecule has 0 bridgehead atoms. The molecule has 0 spiro atoms. The number of halogens is 1. The summed E-state index contributed by atoms with van der Waals surface area (Å²) in [5, 5.41) is 9.59. The van der Waals surface area contributed by atoms with Crippen molar-refractivity contribution in [1.82, 2.24) is 0 Å². The third-order valence-electron chi connectivity index (χ3n) is 4.48. The van der Waals surface area contributed by atoms with Gasteiger partial charge >= 0.3 is 0 Å². The van der Waals surface area contributed by atoms with Crippen LogP contribution in [0.2, 0.25) is 0 Å². The van der Waals surface area contributed by atoms with Crippen LogP contribution in [0.5, 0.6) is 0 Å². The monoisotopic (exact) mass is 310 g/mol. The van der Waals surface area contributed by atoms with Crippen molar-refractivity contribution in [3.63, 3.8) is 0 Å². The second-order valence-electron chi connectivity index (χ2n) is 6.40. The van der Waals surface area contributed by atoms with Gasteiger partial charge in [0, 0.05) is 13.0 Å². The molecule has 2 nitrogen and oxygen atoms in total. The summed E-state index contributed by atoms with van der Waals surface area (Å²) in [6.07, 6.45) is 11.3. The van der Waals surface area contributed by atoms with Crippen molar-refractivity contribution in [2.45, 2.75) is 52.9 Å². The van der Waals surface area contributed by atoms with Gasteiger partial charge < -0.3 is 9.84 Å². The van der Waals surface area contributed by atoms with Crippen molar-refractivity contribution < 1.29 is 14.2 Å². The molecule has 1 rings (SSSR count). The molecule has 0 amide bonds. The average molecular weight is 310 g/mol. The van der Waals surface area contributed by atoms with Gasteiger partial charge in [-0.1, -0.05) is 39.7 Å². The van der Waals surface area contributed by atoms with E-state index >= 15 is 0 Å². The highest BCUT2D eigenvalue weighted by Gasteiger charge is 2.18. The Morgan fingerprint density at radius 1 is 1.23 bits per heavy atom. The van der Waals surface area contributed by atoms with E-state index in [1.165, 1.54) is 12.2 Å². The molecule has 3 atom stereocenters. The number of rotatable bonds is 10. The van der Waals surface area contributed by atoms with Gasteiger partial charge in [0.15, 0.2) is 0 Å². The highest BCUT2D eigenvalue weighted by Crippen LogP contribution is 2.25. The van der Waals surface area contributed by atoms with E-state index in [1.807, 2.05) is 6.08 Å². The van der Waals surface area contributed by atoms with E-state index in [9.17, 15) is 9.50 Å². The molecule has 0 heterocycles. The fraction of sp³-hybridized carbons (Fsp3) is 0.684. The second-order valence-corrected chi connectivity index (χ2v) is 6.40. The summed E-state index contributed by atoms with van der Waals surface area (Å²) in [6.45, 7) is 7.48. The predicted octanol–water partition coefficient (Wildman–Crippen LogP) is 5.16. The fourth-order valence-corrected chi connectivity index (χ4v) is 2.72. The van der Waals surface area contributed by atoms with Crippen LogP contribution in [0, 0.1) is 17.8 Å². The van der Waals surface area contributed by atoms with Crippen molar-refractivity contribution in [1.29, 1.82) is 0 Å². The van der Waals surface area contributed by atoms with Crippen LogP contribution < -0.4 is 0 Å². The molecular formula is C19H31FO2. The van der Waals surface area contributed by atoms with E-state index in [2.05, 4.69) is 20.8 Å². The van der Waals surface area contributed by atoms with Crippen LogP contribution in [-0.4, -0.2) is 18.3 Å². The van der Waals surface area contributed by atoms with Gasteiger partial charge in [0.1, 0.15) is 5.83 Å². The highest BCUT2D eigenvalue weighted by atomic mass is 19.1. The first-order valence-electron chi connectivity index (χ1n) is 8.55. The molecule has 0 saturated heterocycles. The lowest BCUT2D eigenvalue weighted by atomic mass is 9.86. The predicted molar refractivity (Wildman–Crippen MR) is 90.0 cm³/mol. The molecule has 3 unspecified atom stereocenters. The zero-order valence-corrected chi connectivity index (χ0v) is 14.2. The molecule has 126 valence electrons. The molecule has 0 aromatic carbocycles. The van der Waals surface area contributed by atoms with E-state index in [4.69, 9.17) is 4.74 Å². The van der Waals surface area contributed by atoms with Crippen LogP contribution in [0.4, 0.5) is 4.39 Å². The largest absolute Gasteiger partial charge is 0.497 e. The van der Waals surface area contributed by atoms with Gasteiger partial charge in [0.25, 0.3) is 0 Å². The Morgan fingerprint density at radius 2 is 2.00 bits per heavy atom. The highest BCUT2D eigenvalue weighted by molar-refractivity contribution is 5.24. The number of hydrogen-bond acceptors (Lipinski definition) is 2. The quantitative estimate of drug-likeness (QED) is 0.604. The van der Waals surface area contributed by atoms with Crippen molar-refractivity contribution in [3.05, 3.63) is 35.9 Å². The van der Waals surface area contributed by atoms with Crippen LogP contribution in [-0.2, 0) is 4.74 Å². The maximum atomic E-state index is 13.1. The van der Waals surface area contributed by atoms with Crippen molar-refractivity contribution in [2.24, 2.45) is 17.8 Å². The Morgan fingerprint density at radius 3 is 2.64 bits per heavy atom. The molecule has 0 fully saturated rings. The van der Waals surface area contributed by atoms with E-state index in [1.54, 1.807) is 6.08 Å². The zero-order valence-electron chi connectivity index (χ0n) is 14.2. The first-order chi connectivity index (χ1) is 10.6. The SMILES string of the molecule is CCC(C)CC(CO)CC(CC)COC1=CC=CC(F)=CC1. The van der Waals surface area contributed by atoms with Gasteiger partial charge in [-0.3, -0.25) is 0 Å². The minimum Gasteiger partial charge on any atom is -0.497 e. The maximum absolute atomic E-state index is 13.1. The number of allylic oxidation sites excluding steroid dienone is 5. The molecule has 0 radical (unpaired) electrons. The second kappa shape index (κ2) is 10.6. The lowest BCUT2D eigenvalue weighted by Gasteiger charge is -2.24. The van der Waals surface area contributed by atoms with Crippen LogP contribution in [0.3, 0.4) is 0 Å². The fourth-order valence-electron chi connectivity index (χ4n) is 2.72. The van der Waals surface area contributed by atoms with E-state index in [0.717, 1.165) is 31.4 Å². The zero-order chi connectivity index (χ0) is 16.4. The first kappa shape index (κ1) is 19.0. The lowest BCUT2D eigenvalue weighted by Crippen LogP contribution is -2.18. The van der Waals surface area contributed by atoms with Crippen LogP contribution >= 0.6 is 0 Å². The number of ether oxygens (including phenoxy) is 1. The normalized spacial score (nSPS) is 19.0. The topological polar surface area (TPSA) is 29.5 Å². The summed E-state index contributed by atoms with van der Waals surface area (Å²) in [4.78, 5) is 0. The summed E-state index contributed by atoms with van der Waals surface area (Å²) in [6, 6.07) is 0. The van der Waals surface area contributed by atoms with Gasteiger partial charge in [-0.15, -0.1) is 0 Å². The van der Waals surface area contributed by atoms with E-state index in [-0.39, 0.29) is 12.4 Å². The minimum atomic E-state index is -0.212. The molecule has 0 aromatic heterocycles. The number of hydrogen-bond donors (Lipinski definition) is 1. The Balaban J connectivity index is 2.44. The molecule has 1 N–H and O–H groups in total. The molecule has 1 aliphatic carbocycles. The molecule has 0 aliphatic heterocycles. The molecular weight excluding hydrogens is 279 g/mol. The van der Waals surface area contributed by atoms with Gasteiger partial charge in [0.2, 0.25) is 0 Å². The average Bonchev–Trinajstić information content (AvgIpc) is 2.74.